The molecular formula is C18H28N4O3S. The monoisotopic (exact) mass is 380 g/mol. The van der Waals surface area contributed by atoms with Crippen LogP contribution in [0.2, 0.25) is 0 Å². The molecule has 1 fully saturated rings. The van der Waals surface area contributed by atoms with Crippen LogP contribution in [0.3, 0.4) is 0 Å². The third kappa shape index (κ3) is 4.97. The van der Waals surface area contributed by atoms with Crippen molar-refractivity contribution in [3.8, 4) is 0 Å². The number of guanidine groups is 1. The van der Waals surface area contributed by atoms with Gasteiger partial charge in [0.15, 0.2) is 15.8 Å². The third-order valence-corrected chi connectivity index (χ3v) is 6.96. The zero-order valence-electron chi connectivity index (χ0n) is 15.8. The van der Waals surface area contributed by atoms with Crippen molar-refractivity contribution >= 4 is 27.4 Å². The molecule has 0 radical (unpaired) electrons. The number of aliphatic imine (C=N–C) groups is 1. The number of benzene rings is 1. The molecule has 26 heavy (non-hydrogen) atoms. The Bertz CT molecular complexity index is 754. The lowest BCUT2D eigenvalue weighted by atomic mass is 10.2. The average Bonchev–Trinajstić information content (AvgIpc) is 2.94. The highest BCUT2D eigenvalue weighted by atomic mass is 32.2. The van der Waals surface area contributed by atoms with Crippen LogP contribution < -0.4 is 15.5 Å². The molecule has 2 rings (SSSR count). The fourth-order valence-corrected chi connectivity index (χ4v) is 3.64. The van der Waals surface area contributed by atoms with Gasteiger partial charge in [-0.25, -0.2) is 8.42 Å². The molecule has 144 valence electrons. The lowest BCUT2D eigenvalue weighted by molar-refractivity contribution is -0.117. The first kappa shape index (κ1) is 20.2. The van der Waals surface area contributed by atoms with Crippen LogP contribution in [0.25, 0.3) is 0 Å². The van der Waals surface area contributed by atoms with Gasteiger partial charge in [-0.15, -0.1) is 0 Å². The van der Waals surface area contributed by atoms with Crippen LogP contribution >= 0.6 is 0 Å². The second kappa shape index (κ2) is 8.07. The highest BCUT2D eigenvalue weighted by molar-refractivity contribution is 7.92. The van der Waals surface area contributed by atoms with Crippen molar-refractivity contribution in [2.45, 2.75) is 38.0 Å². The Morgan fingerprint density at radius 3 is 2.50 bits per heavy atom. The molecule has 1 atom stereocenters. The minimum Gasteiger partial charge on any atom is -0.355 e. The summed E-state index contributed by atoms with van der Waals surface area (Å²) in [4.78, 5) is 18.1. The maximum absolute atomic E-state index is 12.3. The Labute approximate surface area is 155 Å². The van der Waals surface area contributed by atoms with E-state index in [1.165, 1.54) is 0 Å². The maximum Gasteiger partial charge on any atom is 0.229 e. The highest BCUT2D eigenvalue weighted by Gasteiger charge is 2.31. The number of sulfone groups is 1. The molecule has 1 amide bonds. The van der Waals surface area contributed by atoms with Crippen LogP contribution in [0.15, 0.2) is 35.3 Å². The summed E-state index contributed by atoms with van der Waals surface area (Å²) in [6.07, 6.45) is 0.371. The SMILES string of the molecule is CN=C(NCCS(=O)(=O)C(C)(C)C)NC1CC(=O)N(c2ccccc2)C1. The summed E-state index contributed by atoms with van der Waals surface area (Å²) in [5.74, 6) is 0.581. The lowest BCUT2D eigenvalue weighted by Crippen LogP contribution is -2.46. The first-order chi connectivity index (χ1) is 12.1. The summed E-state index contributed by atoms with van der Waals surface area (Å²) in [6.45, 7) is 5.89. The van der Waals surface area contributed by atoms with Gasteiger partial charge >= 0.3 is 0 Å². The number of rotatable bonds is 5. The summed E-state index contributed by atoms with van der Waals surface area (Å²) in [5, 5.41) is 6.23. The summed E-state index contributed by atoms with van der Waals surface area (Å²) < 4.78 is 23.5. The first-order valence-electron chi connectivity index (χ1n) is 8.69. The van der Waals surface area contributed by atoms with E-state index >= 15 is 0 Å². The van der Waals surface area contributed by atoms with Gasteiger partial charge in [-0.3, -0.25) is 9.79 Å². The van der Waals surface area contributed by atoms with E-state index in [1.54, 1.807) is 32.7 Å². The zero-order chi connectivity index (χ0) is 19.4. The quantitative estimate of drug-likeness (QED) is 0.591. The van der Waals surface area contributed by atoms with Gasteiger partial charge in [0.05, 0.1) is 16.5 Å². The second-order valence-corrected chi connectivity index (χ2v) is 10.2. The van der Waals surface area contributed by atoms with E-state index in [4.69, 9.17) is 0 Å². The topological polar surface area (TPSA) is 90.9 Å². The number of carbonyl (C=O) groups is 1. The van der Waals surface area contributed by atoms with Crippen molar-refractivity contribution in [2.75, 3.05) is 30.8 Å². The van der Waals surface area contributed by atoms with Crippen LogP contribution in [-0.4, -0.2) is 57.0 Å². The van der Waals surface area contributed by atoms with E-state index in [1.807, 2.05) is 30.3 Å². The van der Waals surface area contributed by atoms with E-state index in [0.29, 0.717) is 18.9 Å². The van der Waals surface area contributed by atoms with E-state index in [0.717, 1.165) is 5.69 Å². The molecule has 1 saturated heterocycles. The highest BCUT2D eigenvalue weighted by Crippen LogP contribution is 2.21. The standard InChI is InChI=1S/C18H28N4O3S/c1-18(2,3)26(24,25)11-10-20-17(19-4)21-14-12-16(23)22(13-14)15-8-6-5-7-9-15/h5-9,14H,10-13H2,1-4H3,(H2,19,20,21). The Kier molecular flexibility index (Phi) is 6.28. The Balaban J connectivity index is 1.88. The molecule has 2 N–H and O–H groups in total. The smallest absolute Gasteiger partial charge is 0.229 e. The number of hydrogen-bond acceptors (Lipinski definition) is 4. The number of amides is 1. The Morgan fingerprint density at radius 2 is 1.92 bits per heavy atom. The molecule has 1 aliphatic heterocycles. The van der Waals surface area contributed by atoms with Crippen molar-refractivity contribution in [2.24, 2.45) is 4.99 Å². The van der Waals surface area contributed by atoms with Gasteiger partial charge < -0.3 is 15.5 Å². The van der Waals surface area contributed by atoms with Gasteiger partial charge in [-0.1, -0.05) is 18.2 Å². The van der Waals surface area contributed by atoms with Crippen LogP contribution in [0.5, 0.6) is 0 Å². The normalized spacial score (nSPS) is 18.9. The van der Waals surface area contributed by atoms with Crippen LogP contribution in [0.4, 0.5) is 5.69 Å². The van der Waals surface area contributed by atoms with Crippen molar-refractivity contribution < 1.29 is 13.2 Å². The molecular weight excluding hydrogens is 352 g/mol. The van der Waals surface area contributed by atoms with E-state index < -0.39 is 14.6 Å². The summed E-state index contributed by atoms with van der Waals surface area (Å²) in [5.41, 5.74) is 0.876. The van der Waals surface area contributed by atoms with Crippen molar-refractivity contribution in [1.82, 2.24) is 10.6 Å². The molecule has 1 heterocycles. The first-order valence-corrected chi connectivity index (χ1v) is 10.3. The summed E-state index contributed by atoms with van der Waals surface area (Å²) >= 11 is 0. The summed E-state index contributed by atoms with van der Waals surface area (Å²) in [7, 11) is -1.57. The predicted molar refractivity (Wildman–Crippen MR) is 105 cm³/mol. The Morgan fingerprint density at radius 1 is 1.27 bits per heavy atom. The van der Waals surface area contributed by atoms with E-state index in [9.17, 15) is 13.2 Å². The minimum absolute atomic E-state index is 0.0247. The maximum atomic E-state index is 12.3. The summed E-state index contributed by atoms with van der Waals surface area (Å²) in [6, 6.07) is 9.46. The number of hydrogen-bond donors (Lipinski definition) is 2. The fourth-order valence-electron chi connectivity index (χ4n) is 2.66. The molecule has 0 aromatic heterocycles. The zero-order valence-corrected chi connectivity index (χ0v) is 16.6. The molecule has 8 heteroatoms. The number of carbonyl (C=O) groups excluding carboxylic acids is 1. The second-order valence-electron chi connectivity index (χ2n) is 7.32. The molecule has 7 nitrogen and oxygen atoms in total. The molecule has 0 spiro atoms. The number of para-hydroxylation sites is 1. The van der Waals surface area contributed by atoms with Crippen LogP contribution in [-0.2, 0) is 14.6 Å². The third-order valence-electron chi connectivity index (χ3n) is 4.35. The van der Waals surface area contributed by atoms with Crippen molar-refractivity contribution in [3.05, 3.63) is 30.3 Å². The van der Waals surface area contributed by atoms with Crippen molar-refractivity contribution in [3.63, 3.8) is 0 Å². The molecule has 1 unspecified atom stereocenters. The van der Waals surface area contributed by atoms with Gasteiger partial charge in [-0.2, -0.15) is 0 Å². The molecule has 0 aliphatic carbocycles. The number of nitrogens with one attached hydrogen (secondary N) is 2. The van der Waals surface area contributed by atoms with Gasteiger partial charge in [0, 0.05) is 32.2 Å². The van der Waals surface area contributed by atoms with Crippen LogP contribution in [0, 0.1) is 0 Å². The minimum atomic E-state index is -3.19. The number of nitrogens with zero attached hydrogens (tertiary/aromatic N) is 2. The lowest BCUT2D eigenvalue weighted by Gasteiger charge is -2.21. The predicted octanol–water partition coefficient (Wildman–Crippen LogP) is 1.17. The van der Waals surface area contributed by atoms with Gasteiger partial charge in [0.1, 0.15) is 0 Å². The average molecular weight is 381 g/mol. The van der Waals surface area contributed by atoms with E-state index in [2.05, 4.69) is 15.6 Å². The largest absolute Gasteiger partial charge is 0.355 e. The molecule has 1 aromatic carbocycles. The molecule has 1 aliphatic rings. The van der Waals surface area contributed by atoms with Crippen molar-refractivity contribution in [1.29, 1.82) is 0 Å². The van der Waals surface area contributed by atoms with E-state index in [-0.39, 0.29) is 24.2 Å². The Hall–Kier alpha value is -2.09. The molecule has 0 bridgehead atoms. The van der Waals surface area contributed by atoms with Gasteiger partial charge in [0.2, 0.25) is 5.91 Å². The number of anilines is 1. The molecule has 0 saturated carbocycles. The van der Waals surface area contributed by atoms with Crippen LogP contribution in [0.1, 0.15) is 27.2 Å². The van der Waals surface area contributed by atoms with Gasteiger partial charge in [0.25, 0.3) is 0 Å². The molecule has 1 aromatic rings. The fraction of sp³-hybridized carbons (Fsp3) is 0.556. The van der Waals surface area contributed by atoms with Gasteiger partial charge in [-0.05, 0) is 32.9 Å².